The first kappa shape index (κ1) is 17.5. The summed E-state index contributed by atoms with van der Waals surface area (Å²) in [5.74, 6) is -0.125. The third-order valence-corrected chi connectivity index (χ3v) is 3.30. The minimum Gasteiger partial charge on any atom is -0.480 e. The lowest BCUT2D eigenvalue weighted by Gasteiger charge is -2.16. The minimum absolute atomic E-state index is 0.168. The second-order valence-electron chi connectivity index (χ2n) is 5.81. The Morgan fingerprint density at radius 3 is 2.42 bits per heavy atom. The van der Waals surface area contributed by atoms with Gasteiger partial charge in [0.1, 0.15) is 17.5 Å². The Morgan fingerprint density at radius 1 is 1.17 bits per heavy atom. The summed E-state index contributed by atoms with van der Waals surface area (Å²) in [5, 5.41) is 11.7. The van der Waals surface area contributed by atoms with Crippen LogP contribution in [0.3, 0.4) is 0 Å². The molecule has 0 aliphatic rings. The molecule has 6 heteroatoms. The van der Waals surface area contributed by atoms with Gasteiger partial charge in [-0.2, -0.15) is 0 Å². The van der Waals surface area contributed by atoms with Crippen LogP contribution in [0.2, 0.25) is 0 Å². The van der Waals surface area contributed by atoms with Crippen molar-refractivity contribution < 1.29 is 19.4 Å². The molecule has 0 saturated carbocycles. The molecule has 1 atom stereocenters. The van der Waals surface area contributed by atoms with E-state index in [1.165, 1.54) is 0 Å². The van der Waals surface area contributed by atoms with E-state index in [4.69, 9.17) is 4.74 Å². The van der Waals surface area contributed by atoms with Crippen LogP contribution < -0.4 is 10.1 Å². The van der Waals surface area contributed by atoms with Crippen LogP contribution in [0.25, 0.3) is 0 Å². The zero-order chi connectivity index (χ0) is 17.5. The SMILES string of the molecule is CC(C)CC(NC(=O)c1ccc(Oc2cccnc2)cc1)C(=O)O. The van der Waals surface area contributed by atoms with E-state index in [0.717, 1.165) is 0 Å². The predicted molar refractivity (Wildman–Crippen MR) is 89.1 cm³/mol. The molecular weight excluding hydrogens is 308 g/mol. The lowest BCUT2D eigenvalue weighted by molar-refractivity contribution is -0.139. The summed E-state index contributed by atoms with van der Waals surface area (Å²) in [5.41, 5.74) is 0.378. The van der Waals surface area contributed by atoms with Crippen LogP contribution in [-0.2, 0) is 4.79 Å². The molecular formula is C18H20N2O4. The summed E-state index contributed by atoms with van der Waals surface area (Å²) in [6, 6.07) is 9.13. The molecule has 6 nitrogen and oxygen atoms in total. The van der Waals surface area contributed by atoms with Gasteiger partial charge in [-0.15, -0.1) is 0 Å². The molecule has 0 saturated heterocycles. The van der Waals surface area contributed by atoms with Crippen LogP contribution in [0, 0.1) is 5.92 Å². The monoisotopic (exact) mass is 328 g/mol. The number of carbonyl (C=O) groups is 2. The third-order valence-electron chi connectivity index (χ3n) is 3.30. The lowest BCUT2D eigenvalue weighted by atomic mass is 10.0. The number of benzene rings is 1. The third kappa shape index (κ3) is 5.08. The molecule has 1 aromatic heterocycles. The van der Waals surface area contributed by atoms with Crippen molar-refractivity contribution in [1.82, 2.24) is 10.3 Å². The van der Waals surface area contributed by atoms with Gasteiger partial charge in [0.2, 0.25) is 0 Å². The first-order valence-electron chi connectivity index (χ1n) is 7.67. The molecule has 0 aliphatic carbocycles. The first-order chi connectivity index (χ1) is 11.5. The van der Waals surface area contributed by atoms with Crippen LogP contribution in [-0.4, -0.2) is 28.0 Å². The Kier molecular flexibility index (Phi) is 5.89. The Labute approximate surface area is 140 Å². The smallest absolute Gasteiger partial charge is 0.326 e. The van der Waals surface area contributed by atoms with Crippen LogP contribution in [0.15, 0.2) is 48.8 Å². The molecule has 0 aliphatic heterocycles. The summed E-state index contributed by atoms with van der Waals surface area (Å²) < 4.78 is 5.60. The van der Waals surface area contributed by atoms with E-state index < -0.39 is 17.9 Å². The Balaban J connectivity index is 2.01. The number of hydrogen-bond donors (Lipinski definition) is 2. The maximum atomic E-state index is 12.2. The van der Waals surface area contributed by atoms with E-state index in [-0.39, 0.29) is 5.92 Å². The number of hydrogen-bond acceptors (Lipinski definition) is 4. The van der Waals surface area contributed by atoms with Gasteiger partial charge in [-0.05, 0) is 48.7 Å². The maximum absolute atomic E-state index is 12.2. The Hall–Kier alpha value is -2.89. The lowest BCUT2D eigenvalue weighted by Crippen LogP contribution is -2.41. The summed E-state index contributed by atoms with van der Waals surface area (Å²) in [6.45, 7) is 3.82. The molecule has 2 rings (SSSR count). The van der Waals surface area contributed by atoms with Crippen LogP contribution in [0.5, 0.6) is 11.5 Å². The molecule has 0 bridgehead atoms. The number of carboxylic acids is 1. The fourth-order valence-electron chi connectivity index (χ4n) is 2.15. The summed E-state index contributed by atoms with van der Waals surface area (Å²) in [7, 11) is 0. The topological polar surface area (TPSA) is 88.5 Å². The molecule has 0 spiro atoms. The van der Waals surface area contributed by atoms with E-state index in [1.54, 1.807) is 48.8 Å². The largest absolute Gasteiger partial charge is 0.480 e. The standard InChI is InChI=1S/C18H20N2O4/c1-12(2)10-16(18(22)23)20-17(21)13-5-7-14(8-6-13)24-15-4-3-9-19-11-15/h3-9,11-12,16H,10H2,1-2H3,(H,20,21)(H,22,23). The molecule has 1 heterocycles. The van der Waals surface area contributed by atoms with Gasteiger partial charge in [0.05, 0.1) is 6.20 Å². The number of carboxylic acid groups (broad SMARTS) is 1. The van der Waals surface area contributed by atoms with Gasteiger partial charge in [0.15, 0.2) is 0 Å². The Morgan fingerprint density at radius 2 is 1.88 bits per heavy atom. The fraction of sp³-hybridized carbons (Fsp3) is 0.278. The van der Waals surface area contributed by atoms with E-state index in [0.29, 0.717) is 23.5 Å². The highest BCUT2D eigenvalue weighted by Crippen LogP contribution is 2.20. The van der Waals surface area contributed by atoms with Crippen molar-refractivity contribution in [3.05, 3.63) is 54.4 Å². The second-order valence-corrected chi connectivity index (χ2v) is 5.81. The summed E-state index contributed by atoms with van der Waals surface area (Å²) in [4.78, 5) is 27.4. The molecule has 24 heavy (non-hydrogen) atoms. The number of aromatic nitrogens is 1. The van der Waals surface area contributed by atoms with Gasteiger partial charge in [0, 0.05) is 11.8 Å². The van der Waals surface area contributed by atoms with Gasteiger partial charge in [-0.1, -0.05) is 13.8 Å². The quantitative estimate of drug-likeness (QED) is 0.815. The normalized spacial score (nSPS) is 11.8. The van der Waals surface area contributed by atoms with Crippen molar-refractivity contribution in [2.75, 3.05) is 0 Å². The van der Waals surface area contributed by atoms with Crippen molar-refractivity contribution >= 4 is 11.9 Å². The molecule has 1 aromatic carbocycles. The zero-order valence-corrected chi connectivity index (χ0v) is 13.6. The first-order valence-corrected chi connectivity index (χ1v) is 7.67. The van der Waals surface area contributed by atoms with Crippen LogP contribution in [0.1, 0.15) is 30.6 Å². The minimum atomic E-state index is -1.03. The highest BCUT2D eigenvalue weighted by Gasteiger charge is 2.21. The van der Waals surface area contributed by atoms with Crippen molar-refractivity contribution in [2.24, 2.45) is 5.92 Å². The van der Waals surface area contributed by atoms with Crippen molar-refractivity contribution in [3.63, 3.8) is 0 Å². The average Bonchev–Trinajstić information content (AvgIpc) is 2.55. The number of nitrogens with zero attached hydrogens (tertiary/aromatic N) is 1. The summed E-state index contributed by atoms with van der Waals surface area (Å²) in [6.07, 6.45) is 3.61. The van der Waals surface area contributed by atoms with E-state index >= 15 is 0 Å². The highest BCUT2D eigenvalue weighted by atomic mass is 16.5. The van der Waals surface area contributed by atoms with Crippen LogP contribution >= 0.6 is 0 Å². The molecule has 1 unspecified atom stereocenters. The van der Waals surface area contributed by atoms with Gasteiger partial charge in [-0.3, -0.25) is 9.78 Å². The highest BCUT2D eigenvalue weighted by molar-refractivity contribution is 5.96. The van der Waals surface area contributed by atoms with Gasteiger partial charge in [-0.25, -0.2) is 4.79 Å². The average molecular weight is 328 g/mol. The molecule has 0 fully saturated rings. The predicted octanol–water partition coefficient (Wildman–Crippen LogP) is 3.10. The Bertz CT molecular complexity index is 684. The van der Waals surface area contributed by atoms with E-state index in [2.05, 4.69) is 10.3 Å². The molecule has 2 aromatic rings. The van der Waals surface area contributed by atoms with Crippen molar-refractivity contribution in [3.8, 4) is 11.5 Å². The number of amides is 1. The number of carbonyl (C=O) groups excluding carboxylic acids is 1. The zero-order valence-electron chi connectivity index (χ0n) is 13.6. The fourth-order valence-corrected chi connectivity index (χ4v) is 2.15. The number of nitrogens with one attached hydrogen (secondary N) is 1. The van der Waals surface area contributed by atoms with Gasteiger partial charge in [0.25, 0.3) is 5.91 Å². The van der Waals surface area contributed by atoms with Gasteiger partial charge >= 0.3 is 5.97 Å². The number of pyridine rings is 1. The van der Waals surface area contributed by atoms with Crippen LogP contribution in [0.4, 0.5) is 0 Å². The summed E-state index contributed by atoms with van der Waals surface area (Å²) >= 11 is 0. The molecule has 126 valence electrons. The number of rotatable bonds is 7. The van der Waals surface area contributed by atoms with Crippen molar-refractivity contribution in [1.29, 1.82) is 0 Å². The van der Waals surface area contributed by atoms with E-state index in [9.17, 15) is 14.7 Å². The molecule has 0 radical (unpaired) electrons. The number of ether oxygens (including phenoxy) is 1. The molecule has 2 N–H and O–H groups in total. The van der Waals surface area contributed by atoms with Gasteiger partial charge < -0.3 is 15.2 Å². The maximum Gasteiger partial charge on any atom is 0.326 e. The van der Waals surface area contributed by atoms with Crippen molar-refractivity contribution in [2.45, 2.75) is 26.3 Å². The van der Waals surface area contributed by atoms with E-state index in [1.807, 2.05) is 13.8 Å². The number of aliphatic carboxylic acids is 1. The second kappa shape index (κ2) is 8.10. The molecule has 1 amide bonds.